The first kappa shape index (κ1) is 13.0. The highest BCUT2D eigenvalue weighted by Crippen LogP contribution is 2.32. The normalized spacial score (nSPS) is 13.9. The smallest absolute Gasteiger partial charge is 0.328 e. The number of alkyl halides is 3. The standard InChI is InChI=1S/C11H13F4N/c1-7(16)2-3-8-4-5-10(12)9(6-8)11(13,14)15/h4-7H,2-3,16H2,1H3/t7-/m1/s1. The average Bonchev–Trinajstić information content (AvgIpc) is 2.14. The zero-order chi connectivity index (χ0) is 12.3. The van der Waals surface area contributed by atoms with Gasteiger partial charge in [-0.1, -0.05) is 6.07 Å². The van der Waals surface area contributed by atoms with E-state index >= 15 is 0 Å². The van der Waals surface area contributed by atoms with Gasteiger partial charge >= 0.3 is 6.18 Å². The molecule has 1 aromatic rings. The number of nitrogens with two attached hydrogens (primary N) is 1. The molecule has 0 saturated carbocycles. The molecule has 5 heteroatoms. The summed E-state index contributed by atoms with van der Waals surface area (Å²) in [6.07, 6.45) is -3.65. The molecule has 0 saturated heterocycles. The van der Waals surface area contributed by atoms with Crippen LogP contribution in [-0.4, -0.2) is 6.04 Å². The van der Waals surface area contributed by atoms with Crippen molar-refractivity contribution < 1.29 is 17.6 Å². The summed E-state index contributed by atoms with van der Waals surface area (Å²) in [5.74, 6) is -1.24. The van der Waals surface area contributed by atoms with Crippen LogP contribution in [0.3, 0.4) is 0 Å². The number of halogens is 4. The number of rotatable bonds is 3. The van der Waals surface area contributed by atoms with E-state index in [1.165, 1.54) is 6.07 Å². The third-order valence-corrected chi connectivity index (χ3v) is 2.22. The molecule has 0 spiro atoms. The van der Waals surface area contributed by atoms with Crippen molar-refractivity contribution in [2.75, 3.05) is 0 Å². The average molecular weight is 235 g/mol. The van der Waals surface area contributed by atoms with Crippen molar-refractivity contribution in [2.45, 2.75) is 32.0 Å². The molecule has 0 aromatic heterocycles. The van der Waals surface area contributed by atoms with Crippen LogP contribution >= 0.6 is 0 Å². The van der Waals surface area contributed by atoms with Gasteiger partial charge in [-0.2, -0.15) is 13.2 Å². The minimum absolute atomic E-state index is 0.0839. The fraction of sp³-hybridized carbons (Fsp3) is 0.455. The molecule has 0 bridgehead atoms. The van der Waals surface area contributed by atoms with Gasteiger partial charge in [0.2, 0.25) is 0 Å². The molecule has 0 radical (unpaired) electrons. The van der Waals surface area contributed by atoms with Gasteiger partial charge in [-0.05, 0) is 37.5 Å². The second-order valence-electron chi connectivity index (χ2n) is 3.83. The molecule has 0 aliphatic carbocycles. The van der Waals surface area contributed by atoms with E-state index in [0.29, 0.717) is 18.4 Å². The lowest BCUT2D eigenvalue weighted by Gasteiger charge is -2.10. The van der Waals surface area contributed by atoms with Crippen LogP contribution in [0.2, 0.25) is 0 Å². The molecule has 0 unspecified atom stereocenters. The molecule has 1 aromatic carbocycles. The van der Waals surface area contributed by atoms with Crippen LogP contribution < -0.4 is 5.73 Å². The van der Waals surface area contributed by atoms with Crippen LogP contribution in [0, 0.1) is 5.82 Å². The van der Waals surface area contributed by atoms with Crippen molar-refractivity contribution in [1.82, 2.24) is 0 Å². The monoisotopic (exact) mass is 235 g/mol. The first-order chi connectivity index (χ1) is 7.30. The number of aryl methyl sites for hydroxylation is 1. The Morgan fingerprint density at radius 2 is 1.94 bits per heavy atom. The third kappa shape index (κ3) is 3.48. The molecule has 1 nitrogen and oxygen atoms in total. The van der Waals surface area contributed by atoms with Crippen LogP contribution in [-0.2, 0) is 12.6 Å². The van der Waals surface area contributed by atoms with Gasteiger partial charge in [0.05, 0.1) is 5.56 Å². The Morgan fingerprint density at radius 1 is 1.31 bits per heavy atom. The summed E-state index contributed by atoms with van der Waals surface area (Å²) in [6, 6.07) is 2.96. The van der Waals surface area contributed by atoms with Crippen molar-refractivity contribution in [2.24, 2.45) is 5.73 Å². The Bertz CT molecular complexity index is 357. The van der Waals surface area contributed by atoms with Crippen LogP contribution in [0.4, 0.5) is 17.6 Å². The fourth-order valence-electron chi connectivity index (χ4n) is 1.34. The number of hydrogen-bond acceptors (Lipinski definition) is 1. The first-order valence-electron chi connectivity index (χ1n) is 4.92. The molecule has 16 heavy (non-hydrogen) atoms. The summed E-state index contributed by atoms with van der Waals surface area (Å²) in [5.41, 5.74) is 4.73. The minimum atomic E-state index is -4.64. The zero-order valence-electron chi connectivity index (χ0n) is 8.81. The number of hydrogen-bond donors (Lipinski definition) is 1. The van der Waals surface area contributed by atoms with E-state index in [-0.39, 0.29) is 6.04 Å². The molecule has 2 N–H and O–H groups in total. The van der Waals surface area contributed by atoms with Crippen LogP contribution in [0.15, 0.2) is 18.2 Å². The van der Waals surface area contributed by atoms with E-state index in [1.807, 2.05) is 0 Å². The molecule has 0 aliphatic heterocycles. The lowest BCUT2D eigenvalue weighted by molar-refractivity contribution is -0.140. The third-order valence-electron chi connectivity index (χ3n) is 2.22. The van der Waals surface area contributed by atoms with Crippen LogP contribution in [0.5, 0.6) is 0 Å². The summed E-state index contributed by atoms with van der Waals surface area (Å²) in [7, 11) is 0. The van der Waals surface area contributed by atoms with Crippen molar-refractivity contribution in [3.63, 3.8) is 0 Å². The number of benzene rings is 1. The topological polar surface area (TPSA) is 26.0 Å². The van der Waals surface area contributed by atoms with Crippen molar-refractivity contribution in [1.29, 1.82) is 0 Å². The molecule has 0 aliphatic rings. The van der Waals surface area contributed by atoms with Gasteiger partial charge < -0.3 is 5.73 Å². The SMILES string of the molecule is C[C@@H](N)CCc1ccc(F)c(C(F)(F)F)c1. The molecular weight excluding hydrogens is 222 g/mol. The zero-order valence-corrected chi connectivity index (χ0v) is 8.81. The lowest BCUT2D eigenvalue weighted by atomic mass is 10.0. The van der Waals surface area contributed by atoms with Gasteiger partial charge in [-0.15, -0.1) is 0 Å². The van der Waals surface area contributed by atoms with Crippen molar-refractivity contribution >= 4 is 0 Å². The fourth-order valence-corrected chi connectivity index (χ4v) is 1.34. The molecule has 1 rings (SSSR count). The predicted molar refractivity (Wildman–Crippen MR) is 53.4 cm³/mol. The van der Waals surface area contributed by atoms with E-state index in [0.717, 1.165) is 12.1 Å². The lowest BCUT2D eigenvalue weighted by Crippen LogP contribution is -2.15. The van der Waals surface area contributed by atoms with E-state index in [2.05, 4.69) is 0 Å². The van der Waals surface area contributed by atoms with Crippen LogP contribution in [0.25, 0.3) is 0 Å². The van der Waals surface area contributed by atoms with Gasteiger partial charge in [-0.25, -0.2) is 4.39 Å². The molecule has 0 heterocycles. The van der Waals surface area contributed by atoms with Gasteiger partial charge in [0.25, 0.3) is 0 Å². The molecule has 0 fully saturated rings. The minimum Gasteiger partial charge on any atom is -0.328 e. The van der Waals surface area contributed by atoms with Gasteiger partial charge in [0, 0.05) is 6.04 Å². The summed E-state index contributed by atoms with van der Waals surface area (Å²) in [5, 5.41) is 0. The van der Waals surface area contributed by atoms with Gasteiger partial charge in [0.1, 0.15) is 5.82 Å². The molecule has 1 atom stereocenters. The molecular formula is C11H13F4N. The highest BCUT2D eigenvalue weighted by Gasteiger charge is 2.34. The Kier molecular flexibility index (Phi) is 3.91. The second-order valence-corrected chi connectivity index (χ2v) is 3.83. The maximum atomic E-state index is 12.9. The predicted octanol–water partition coefficient (Wildman–Crippen LogP) is 3.12. The summed E-state index contributed by atoms with van der Waals surface area (Å²) < 4.78 is 50.0. The second kappa shape index (κ2) is 4.82. The van der Waals surface area contributed by atoms with Gasteiger partial charge in [-0.3, -0.25) is 0 Å². The highest BCUT2D eigenvalue weighted by atomic mass is 19.4. The largest absolute Gasteiger partial charge is 0.419 e. The Labute approximate surface area is 91.3 Å². The Hall–Kier alpha value is -1.10. The van der Waals surface area contributed by atoms with E-state index < -0.39 is 17.6 Å². The van der Waals surface area contributed by atoms with E-state index in [9.17, 15) is 17.6 Å². The van der Waals surface area contributed by atoms with Crippen molar-refractivity contribution in [3.05, 3.63) is 35.1 Å². The van der Waals surface area contributed by atoms with Gasteiger partial charge in [0.15, 0.2) is 0 Å². The van der Waals surface area contributed by atoms with E-state index in [4.69, 9.17) is 5.73 Å². The van der Waals surface area contributed by atoms with Crippen molar-refractivity contribution in [3.8, 4) is 0 Å². The molecule has 90 valence electrons. The van der Waals surface area contributed by atoms with E-state index in [1.54, 1.807) is 6.92 Å². The summed E-state index contributed by atoms with van der Waals surface area (Å²) in [4.78, 5) is 0. The maximum Gasteiger partial charge on any atom is 0.419 e. The summed E-state index contributed by atoms with van der Waals surface area (Å²) in [6.45, 7) is 1.77. The Morgan fingerprint density at radius 3 is 2.44 bits per heavy atom. The van der Waals surface area contributed by atoms with Crippen LogP contribution in [0.1, 0.15) is 24.5 Å². The summed E-state index contributed by atoms with van der Waals surface area (Å²) >= 11 is 0. The first-order valence-corrected chi connectivity index (χ1v) is 4.92. The highest BCUT2D eigenvalue weighted by molar-refractivity contribution is 5.27. The quantitative estimate of drug-likeness (QED) is 0.800. The Balaban J connectivity index is 2.90. The molecule has 0 amide bonds. The maximum absolute atomic E-state index is 12.9.